The molecule has 0 saturated heterocycles. The van der Waals surface area contributed by atoms with Crippen LogP contribution < -0.4 is 16.8 Å². The second-order valence-corrected chi connectivity index (χ2v) is 7.19. The van der Waals surface area contributed by atoms with E-state index in [1.165, 1.54) is 11.1 Å². The number of fused-ring (bicyclic) bond motifs is 1. The molecule has 1 aromatic carbocycles. The van der Waals surface area contributed by atoms with E-state index in [1.54, 1.807) is 0 Å². The van der Waals surface area contributed by atoms with Crippen molar-refractivity contribution in [1.29, 1.82) is 0 Å². The van der Waals surface area contributed by atoms with E-state index in [1.807, 2.05) is 6.07 Å². The predicted octanol–water partition coefficient (Wildman–Crippen LogP) is 2.58. The number of nitrogens with zero attached hydrogens (tertiary/aromatic N) is 3. The molecule has 1 aliphatic heterocycles. The van der Waals surface area contributed by atoms with Crippen molar-refractivity contribution in [3.63, 3.8) is 0 Å². The van der Waals surface area contributed by atoms with Crippen LogP contribution in [0.5, 0.6) is 0 Å². The molecule has 2 aromatic rings. The number of aromatic nitrogens is 2. The monoisotopic (exact) mass is 410 g/mol. The van der Waals surface area contributed by atoms with Gasteiger partial charge in [-0.15, -0.1) is 24.8 Å². The number of nitrogen functional groups attached to an aromatic ring is 1. The SMILES string of the molecule is Cl.Cl.Nc1nc(NCCN2CCc3ccccc3C2)cc(C2CC(N)C2)n1. The van der Waals surface area contributed by atoms with Gasteiger partial charge in [-0.2, -0.15) is 4.98 Å². The van der Waals surface area contributed by atoms with Gasteiger partial charge in [0.25, 0.3) is 0 Å². The summed E-state index contributed by atoms with van der Waals surface area (Å²) in [7, 11) is 0. The largest absolute Gasteiger partial charge is 0.369 e. The first kappa shape index (κ1) is 21.7. The molecule has 8 heteroatoms. The molecule has 0 spiro atoms. The summed E-state index contributed by atoms with van der Waals surface area (Å²) in [6.45, 7) is 3.97. The first-order chi connectivity index (χ1) is 12.2. The molecule has 0 atom stereocenters. The molecule has 0 unspecified atom stereocenters. The van der Waals surface area contributed by atoms with Gasteiger partial charge >= 0.3 is 0 Å². The fourth-order valence-corrected chi connectivity index (χ4v) is 3.78. The van der Waals surface area contributed by atoms with Crippen molar-refractivity contribution in [2.45, 2.75) is 37.8 Å². The maximum Gasteiger partial charge on any atom is 0.222 e. The Kier molecular flexibility index (Phi) is 7.68. The Morgan fingerprint density at radius 3 is 2.59 bits per heavy atom. The van der Waals surface area contributed by atoms with E-state index in [-0.39, 0.29) is 24.8 Å². The van der Waals surface area contributed by atoms with Gasteiger partial charge in [0.1, 0.15) is 5.82 Å². The van der Waals surface area contributed by atoms with E-state index in [2.05, 4.69) is 44.5 Å². The molecule has 6 nitrogen and oxygen atoms in total. The second-order valence-electron chi connectivity index (χ2n) is 7.19. The van der Waals surface area contributed by atoms with Crippen LogP contribution >= 0.6 is 24.8 Å². The molecule has 148 valence electrons. The Morgan fingerprint density at radius 2 is 1.85 bits per heavy atom. The lowest BCUT2D eigenvalue weighted by atomic mass is 9.78. The zero-order valence-corrected chi connectivity index (χ0v) is 16.9. The Morgan fingerprint density at radius 1 is 1.11 bits per heavy atom. The third-order valence-corrected chi connectivity index (χ3v) is 5.30. The second kappa shape index (κ2) is 9.55. The summed E-state index contributed by atoms with van der Waals surface area (Å²) in [6.07, 6.45) is 3.11. The van der Waals surface area contributed by atoms with Gasteiger partial charge in [0.05, 0.1) is 5.69 Å². The van der Waals surface area contributed by atoms with Crippen LogP contribution in [-0.4, -0.2) is 40.5 Å². The number of nitrogens with one attached hydrogen (secondary N) is 1. The molecule has 1 saturated carbocycles. The lowest BCUT2D eigenvalue weighted by Gasteiger charge is -2.32. The number of anilines is 2. The van der Waals surface area contributed by atoms with E-state index >= 15 is 0 Å². The van der Waals surface area contributed by atoms with Crippen molar-refractivity contribution in [2.24, 2.45) is 5.73 Å². The molecule has 1 aromatic heterocycles. The minimum absolute atomic E-state index is 0. The van der Waals surface area contributed by atoms with Gasteiger partial charge in [-0.25, -0.2) is 4.98 Å². The molecule has 0 bridgehead atoms. The van der Waals surface area contributed by atoms with Crippen LogP contribution in [0.25, 0.3) is 0 Å². The lowest BCUT2D eigenvalue weighted by molar-refractivity contribution is 0.264. The van der Waals surface area contributed by atoms with Crippen molar-refractivity contribution in [3.05, 3.63) is 47.2 Å². The maximum absolute atomic E-state index is 5.88. The van der Waals surface area contributed by atoms with Crippen molar-refractivity contribution in [1.82, 2.24) is 14.9 Å². The summed E-state index contributed by atoms with van der Waals surface area (Å²) >= 11 is 0. The number of benzene rings is 1. The summed E-state index contributed by atoms with van der Waals surface area (Å²) < 4.78 is 0. The van der Waals surface area contributed by atoms with Gasteiger partial charge in [-0.3, -0.25) is 4.90 Å². The van der Waals surface area contributed by atoms with E-state index in [9.17, 15) is 0 Å². The Balaban J connectivity index is 0.00000131. The van der Waals surface area contributed by atoms with E-state index in [0.717, 1.165) is 57.0 Å². The van der Waals surface area contributed by atoms with Gasteiger partial charge < -0.3 is 16.8 Å². The molecule has 0 radical (unpaired) electrons. The number of nitrogens with two attached hydrogens (primary N) is 2. The minimum Gasteiger partial charge on any atom is -0.369 e. The number of hydrogen-bond acceptors (Lipinski definition) is 6. The topological polar surface area (TPSA) is 93.1 Å². The first-order valence-corrected chi connectivity index (χ1v) is 9.10. The maximum atomic E-state index is 5.88. The molecule has 1 fully saturated rings. The highest BCUT2D eigenvalue weighted by Gasteiger charge is 2.29. The van der Waals surface area contributed by atoms with Crippen LogP contribution in [-0.2, 0) is 13.0 Å². The molecule has 2 heterocycles. The number of rotatable bonds is 5. The summed E-state index contributed by atoms with van der Waals surface area (Å²) in [6, 6.07) is 11.1. The summed E-state index contributed by atoms with van der Waals surface area (Å²) in [4.78, 5) is 11.2. The van der Waals surface area contributed by atoms with Crippen LogP contribution in [0.15, 0.2) is 30.3 Å². The summed E-state index contributed by atoms with van der Waals surface area (Å²) in [5.41, 5.74) is 15.7. The highest BCUT2D eigenvalue weighted by molar-refractivity contribution is 5.85. The van der Waals surface area contributed by atoms with E-state index in [4.69, 9.17) is 11.5 Å². The third kappa shape index (κ3) is 5.23. The van der Waals surface area contributed by atoms with E-state index < -0.39 is 0 Å². The molecule has 27 heavy (non-hydrogen) atoms. The highest BCUT2D eigenvalue weighted by atomic mass is 35.5. The van der Waals surface area contributed by atoms with Gasteiger partial charge in [0.2, 0.25) is 5.95 Å². The van der Waals surface area contributed by atoms with E-state index in [0.29, 0.717) is 17.9 Å². The molecular weight excluding hydrogens is 383 g/mol. The zero-order chi connectivity index (χ0) is 17.2. The Bertz CT molecular complexity index is 751. The zero-order valence-electron chi connectivity index (χ0n) is 15.3. The first-order valence-electron chi connectivity index (χ1n) is 9.10. The quantitative estimate of drug-likeness (QED) is 0.701. The highest BCUT2D eigenvalue weighted by Crippen LogP contribution is 2.35. The molecule has 1 aliphatic carbocycles. The van der Waals surface area contributed by atoms with Crippen molar-refractivity contribution in [3.8, 4) is 0 Å². The molecular formula is C19H28Cl2N6. The lowest BCUT2D eigenvalue weighted by Crippen LogP contribution is -2.35. The van der Waals surface area contributed by atoms with Crippen LogP contribution in [0.4, 0.5) is 11.8 Å². The van der Waals surface area contributed by atoms with Gasteiger partial charge in [0.15, 0.2) is 0 Å². The van der Waals surface area contributed by atoms with Crippen LogP contribution in [0, 0.1) is 0 Å². The summed E-state index contributed by atoms with van der Waals surface area (Å²) in [5.74, 6) is 1.59. The minimum atomic E-state index is 0. The standard InChI is InChI=1S/C19H26N6.2ClH/c20-16-9-15(10-16)17-11-18(24-19(21)23-17)22-6-8-25-7-5-13-3-1-2-4-14(13)12-25;;/h1-4,11,15-16H,5-10,12,20H2,(H3,21,22,23,24);2*1H. The van der Waals surface area contributed by atoms with Crippen molar-refractivity contribution < 1.29 is 0 Å². The normalized spacial score (nSPS) is 21.2. The summed E-state index contributed by atoms with van der Waals surface area (Å²) in [5, 5.41) is 3.41. The van der Waals surface area contributed by atoms with Gasteiger partial charge in [0, 0.05) is 44.2 Å². The molecule has 4 rings (SSSR count). The average Bonchev–Trinajstić information content (AvgIpc) is 2.58. The third-order valence-electron chi connectivity index (χ3n) is 5.30. The molecule has 0 amide bonds. The fourth-order valence-electron chi connectivity index (χ4n) is 3.78. The van der Waals surface area contributed by atoms with Crippen LogP contribution in [0.1, 0.15) is 35.6 Å². The average molecular weight is 411 g/mol. The van der Waals surface area contributed by atoms with Crippen molar-refractivity contribution >= 4 is 36.6 Å². The Labute approximate surface area is 172 Å². The Hall–Kier alpha value is -1.60. The van der Waals surface area contributed by atoms with Gasteiger partial charge in [-0.05, 0) is 30.4 Å². The number of halogens is 2. The smallest absolute Gasteiger partial charge is 0.222 e. The predicted molar refractivity (Wildman–Crippen MR) is 115 cm³/mol. The van der Waals surface area contributed by atoms with Gasteiger partial charge in [-0.1, -0.05) is 24.3 Å². The van der Waals surface area contributed by atoms with Crippen LogP contribution in [0.3, 0.4) is 0 Å². The fraction of sp³-hybridized carbons (Fsp3) is 0.474. The van der Waals surface area contributed by atoms with Crippen LogP contribution in [0.2, 0.25) is 0 Å². The van der Waals surface area contributed by atoms with Crippen molar-refractivity contribution in [2.75, 3.05) is 30.7 Å². The number of hydrogen-bond donors (Lipinski definition) is 3. The molecule has 5 N–H and O–H groups in total. The molecule has 2 aliphatic rings.